The summed E-state index contributed by atoms with van der Waals surface area (Å²) in [4.78, 5) is 28.4. The minimum Gasteiger partial charge on any atom is -0.394 e. The number of nitrogens with two attached hydrogens (primary N) is 2. The zero-order valence-electron chi connectivity index (χ0n) is 21.7. The number of carbonyl (C=O) groups is 1. The van der Waals surface area contributed by atoms with E-state index < -0.39 is 5.91 Å². The molecule has 12 heteroatoms. The van der Waals surface area contributed by atoms with E-state index in [2.05, 4.69) is 26.5 Å². The number of benzene rings is 2. The van der Waals surface area contributed by atoms with Crippen molar-refractivity contribution in [1.82, 2.24) is 34.2 Å². The Morgan fingerprint density at radius 2 is 1.88 bits per heavy atom. The van der Waals surface area contributed by atoms with Gasteiger partial charge in [-0.25, -0.2) is 14.2 Å². The topological polar surface area (TPSA) is 172 Å². The monoisotopic (exact) mass is 537 g/mol. The molecule has 0 spiro atoms. The predicted molar refractivity (Wildman–Crippen MR) is 151 cm³/mol. The molecule has 2 aromatic carbocycles. The summed E-state index contributed by atoms with van der Waals surface area (Å²) in [7, 11) is 0. The number of hydrogen-bond donors (Lipinski definition) is 3. The Bertz CT molecular complexity index is 1870. The number of aliphatic hydroxyl groups is 1. The van der Waals surface area contributed by atoms with Crippen LogP contribution < -0.4 is 17.0 Å². The molecule has 4 aromatic heterocycles. The summed E-state index contributed by atoms with van der Waals surface area (Å²) in [5.74, 6) is -0.516. The van der Waals surface area contributed by atoms with Crippen molar-refractivity contribution in [2.75, 3.05) is 12.3 Å². The van der Waals surface area contributed by atoms with Crippen LogP contribution in [-0.2, 0) is 13.0 Å². The summed E-state index contributed by atoms with van der Waals surface area (Å²) in [6, 6.07) is 19.2. The van der Waals surface area contributed by atoms with Crippen LogP contribution in [0.4, 0.5) is 5.82 Å². The van der Waals surface area contributed by atoms with Crippen LogP contribution in [0.2, 0.25) is 0 Å². The zero-order chi connectivity index (χ0) is 28.2. The van der Waals surface area contributed by atoms with Gasteiger partial charge in [-0.2, -0.15) is 0 Å². The number of hydrogen-bond acceptors (Lipinski definition) is 8. The van der Waals surface area contributed by atoms with Gasteiger partial charge in [-0.1, -0.05) is 48.5 Å². The normalized spacial score (nSPS) is 10.9. The van der Waals surface area contributed by atoms with Crippen molar-refractivity contribution in [2.24, 2.45) is 5.73 Å². The predicted octanol–water partition coefficient (Wildman–Crippen LogP) is 2.21. The van der Waals surface area contributed by atoms with Crippen molar-refractivity contribution >= 4 is 28.1 Å². The van der Waals surface area contributed by atoms with Crippen molar-refractivity contribution in [3.63, 3.8) is 0 Å². The van der Waals surface area contributed by atoms with Crippen molar-refractivity contribution < 1.29 is 9.90 Å². The molecule has 0 saturated heterocycles. The molecular formula is C28H27N9O3. The van der Waals surface area contributed by atoms with E-state index in [1.165, 1.54) is 4.52 Å². The van der Waals surface area contributed by atoms with Gasteiger partial charge in [0.2, 0.25) is 0 Å². The van der Waals surface area contributed by atoms with Gasteiger partial charge in [-0.05, 0) is 36.1 Å². The Balaban J connectivity index is 0.000000207. The summed E-state index contributed by atoms with van der Waals surface area (Å²) in [5, 5.41) is 22.7. The highest BCUT2D eigenvalue weighted by Gasteiger charge is 2.17. The van der Waals surface area contributed by atoms with Gasteiger partial charge in [-0.3, -0.25) is 14.2 Å². The second-order valence-corrected chi connectivity index (χ2v) is 8.84. The Morgan fingerprint density at radius 3 is 2.60 bits per heavy atom. The van der Waals surface area contributed by atoms with Gasteiger partial charge < -0.3 is 16.6 Å². The van der Waals surface area contributed by atoms with Crippen molar-refractivity contribution in [1.29, 1.82) is 0 Å². The SMILES string of the molecule is CCc1cc2cccc(-c3cn(CCO)nn3)c2c(=O)n1-c1ccccc1.NC(=O)c1c(N)nn2cccnc12. The Hall–Kier alpha value is -5.36. The number of anilines is 1. The molecule has 0 aliphatic carbocycles. The molecule has 0 atom stereocenters. The number of aromatic nitrogens is 7. The third kappa shape index (κ3) is 4.90. The number of amides is 1. The van der Waals surface area contributed by atoms with Crippen LogP contribution in [0.5, 0.6) is 0 Å². The molecule has 0 aliphatic heterocycles. The number of aliphatic hydroxyl groups excluding tert-OH is 1. The summed E-state index contributed by atoms with van der Waals surface area (Å²) in [6.45, 7) is 2.40. The van der Waals surface area contributed by atoms with E-state index in [9.17, 15) is 9.59 Å². The third-order valence-electron chi connectivity index (χ3n) is 6.31. The van der Waals surface area contributed by atoms with E-state index in [4.69, 9.17) is 16.6 Å². The molecule has 6 aromatic rings. The smallest absolute Gasteiger partial charge is 0.263 e. The molecule has 1 amide bonds. The van der Waals surface area contributed by atoms with Crippen LogP contribution in [0, 0.1) is 0 Å². The highest BCUT2D eigenvalue weighted by atomic mass is 16.3. The van der Waals surface area contributed by atoms with E-state index in [-0.39, 0.29) is 23.5 Å². The summed E-state index contributed by atoms with van der Waals surface area (Å²) >= 11 is 0. The Labute approximate surface area is 228 Å². The fraction of sp³-hybridized carbons (Fsp3) is 0.143. The molecule has 0 unspecified atom stereocenters. The van der Waals surface area contributed by atoms with Crippen molar-refractivity contribution in [2.45, 2.75) is 19.9 Å². The fourth-order valence-corrected chi connectivity index (χ4v) is 4.52. The maximum Gasteiger partial charge on any atom is 0.263 e. The lowest BCUT2D eigenvalue weighted by molar-refractivity contribution is 0.100. The average molecular weight is 538 g/mol. The first-order chi connectivity index (χ1) is 19.4. The molecule has 5 N–H and O–H groups in total. The first kappa shape index (κ1) is 26.3. The lowest BCUT2D eigenvalue weighted by Crippen LogP contribution is -2.22. The second kappa shape index (κ2) is 11.2. The van der Waals surface area contributed by atoms with Gasteiger partial charge in [0.25, 0.3) is 11.5 Å². The maximum absolute atomic E-state index is 13.5. The van der Waals surface area contributed by atoms with Crippen molar-refractivity contribution in [3.05, 3.63) is 101 Å². The number of para-hydroxylation sites is 1. The second-order valence-electron chi connectivity index (χ2n) is 8.84. The lowest BCUT2D eigenvalue weighted by Gasteiger charge is -2.14. The molecule has 0 fully saturated rings. The van der Waals surface area contributed by atoms with Crippen LogP contribution >= 0.6 is 0 Å². The number of pyridine rings is 1. The molecule has 0 radical (unpaired) electrons. The Kier molecular flexibility index (Phi) is 7.33. The van der Waals surface area contributed by atoms with E-state index in [1.807, 2.05) is 55.5 Å². The molecule has 0 aliphatic rings. The standard InChI is InChI=1S/C21H20N4O2.C7H7N5O/c1-2-16-13-15-7-6-10-18(19-14-24(11-12-26)23-22-19)20(15)21(27)25(16)17-8-4-3-5-9-17;8-5-4(6(9)13)7-10-2-1-3-12(7)11-5/h3-10,13-14,26H,2,11-12H2,1H3;1-3H,(H2,8,11)(H2,9,13). The van der Waals surface area contributed by atoms with E-state index in [0.717, 1.165) is 28.8 Å². The van der Waals surface area contributed by atoms with Gasteiger partial charge in [0, 0.05) is 29.3 Å². The molecular weight excluding hydrogens is 510 g/mol. The largest absolute Gasteiger partial charge is 0.394 e. The summed E-state index contributed by atoms with van der Waals surface area (Å²) in [6.07, 6.45) is 5.69. The highest BCUT2D eigenvalue weighted by molar-refractivity contribution is 6.03. The molecule has 12 nitrogen and oxygen atoms in total. The highest BCUT2D eigenvalue weighted by Crippen LogP contribution is 2.26. The summed E-state index contributed by atoms with van der Waals surface area (Å²) < 4.78 is 4.75. The molecule has 0 bridgehead atoms. The summed E-state index contributed by atoms with van der Waals surface area (Å²) in [5.41, 5.74) is 14.2. The van der Waals surface area contributed by atoms with Crippen LogP contribution in [0.15, 0.2) is 84.0 Å². The number of aryl methyl sites for hydroxylation is 1. The lowest BCUT2D eigenvalue weighted by atomic mass is 10.0. The molecule has 40 heavy (non-hydrogen) atoms. The first-order valence-electron chi connectivity index (χ1n) is 12.6. The van der Waals surface area contributed by atoms with Gasteiger partial charge in [0.1, 0.15) is 11.3 Å². The van der Waals surface area contributed by atoms with Gasteiger partial charge >= 0.3 is 0 Å². The van der Waals surface area contributed by atoms with Gasteiger partial charge in [-0.15, -0.1) is 10.2 Å². The number of primary amides is 1. The van der Waals surface area contributed by atoms with E-state index in [0.29, 0.717) is 23.3 Å². The molecule has 4 heterocycles. The molecule has 0 saturated carbocycles. The average Bonchev–Trinajstić information content (AvgIpc) is 3.57. The minimum atomic E-state index is -0.619. The third-order valence-corrected chi connectivity index (χ3v) is 6.31. The number of fused-ring (bicyclic) bond motifs is 2. The molecule has 6 rings (SSSR count). The zero-order valence-corrected chi connectivity index (χ0v) is 21.7. The van der Waals surface area contributed by atoms with Gasteiger partial charge in [0.15, 0.2) is 11.5 Å². The number of nitrogens with zero attached hydrogens (tertiary/aromatic N) is 7. The van der Waals surface area contributed by atoms with Gasteiger partial charge in [0.05, 0.1) is 24.7 Å². The number of carbonyl (C=O) groups excluding carboxylic acids is 1. The Morgan fingerprint density at radius 1 is 1.07 bits per heavy atom. The first-order valence-corrected chi connectivity index (χ1v) is 12.6. The quantitative estimate of drug-likeness (QED) is 0.290. The van der Waals surface area contributed by atoms with E-state index in [1.54, 1.807) is 33.9 Å². The molecule has 202 valence electrons. The van der Waals surface area contributed by atoms with Crippen molar-refractivity contribution in [3.8, 4) is 16.9 Å². The van der Waals surface area contributed by atoms with Crippen LogP contribution in [0.1, 0.15) is 23.0 Å². The number of nitrogen functional groups attached to an aromatic ring is 1. The van der Waals surface area contributed by atoms with Crippen LogP contribution in [-0.4, -0.2) is 51.8 Å². The minimum absolute atomic E-state index is 0.0149. The van der Waals surface area contributed by atoms with E-state index >= 15 is 0 Å². The van der Waals surface area contributed by atoms with Crippen LogP contribution in [0.3, 0.4) is 0 Å². The maximum atomic E-state index is 13.5. The number of rotatable bonds is 6. The fourth-order valence-electron chi connectivity index (χ4n) is 4.52. The van der Waals surface area contributed by atoms with Crippen LogP contribution in [0.25, 0.3) is 33.4 Å².